The monoisotopic (exact) mass is 241 g/mol. The van der Waals surface area contributed by atoms with Crippen LogP contribution in [0.4, 0.5) is 14.5 Å². The van der Waals surface area contributed by atoms with Gasteiger partial charge in [0.05, 0.1) is 13.5 Å². The van der Waals surface area contributed by atoms with Crippen molar-refractivity contribution in [2.45, 2.75) is 12.8 Å². The number of carbonyl (C=O) groups is 1. The second-order valence-corrected chi connectivity index (χ2v) is 3.13. The number of alkyl halides is 2. The minimum absolute atomic E-state index is 0.0720. The SMILES string of the molecule is COC(=O)Cc1c(N)cc(C#N)nc1C(F)F. The molecule has 0 radical (unpaired) electrons. The molecule has 0 aliphatic carbocycles. The van der Waals surface area contributed by atoms with E-state index in [4.69, 9.17) is 11.0 Å². The molecule has 2 N–H and O–H groups in total. The zero-order valence-electron chi connectivity index (χ0n) is 8.91. The number of carbonyl (C=O) groups excluding carboxylic acids is 1. The molecular formula is C10H9F2N3O2. The van der Waals surface area contributed by atoms with E-state index in [-0.39, 0.29) is 16.9 Å². The van der Waals surface area contributed by atoms with E-state index in [1.54, 1.807) is 6.07 Å². The van der Waals surface area contributed by atoms with E-state index in [9.17, 15) is 13.6 Å². The van der Waals surface area contributed by atoms with Crippen molar-refractivity contribution in [3.05, 3.63) is 23.0 Å². The van der Waals surface area contributed by atoms with Gasteiger partial charge in [-0.2, -0.15) is 5.26 Å². The first-order valence-electron chi connectivity index (χ1n) is 4.54. The summed E-state index contributed by atoms with van der Waals surface area (Å²) in [7, 11) is 1.14. The van der Waals surface area contributed by atoms with Crippen LogP contribution in [0, 0.1) is 11.3 Å². The van der Waals surface area contributed by atoms with Crippen LogP contribution in [0.5, 0.6) is 0 Å². The Balaban J connectivity index is 3.27. The number of anilines is 1. The molecule has 90 valence electrons. The second-order valence-electron chi connectivity index (χ2n) is 3.13. The van der Waals surface area contributed by atoms with Crippen LogP contribution in [0.3, 0.4) is 0 Å². The van der Waals surface area contributed by atoms with Gasteiger partial charge in [0.2, 0.25) is 0 Å². The highest BCUT2D eigenvalue weighted by atomic mass is 19.3. The zero-order chi connectivity index (χ0) is 13.0. The molecule has 0 atom stereocenters. The fourth-order valence-electron chi connectivity index (χ4n) is 1.26. The molecule has 0 amide bonds. The minimum Gasteiger partial charge on any atom is -0.469 e. The number of hydrogen-bond donors (Lipinski definition) is 1. The van der Waals surface area contributed by atoms with E-state index in [1.807, 2.05) is 0 Å². The number of ether oxygens (including phenoxy) is 1. The van der Waals surface area contributed by atoms with Gasteiger partial charge in [-0.3, -0.25) is 4.79 Å². The predicted octanol–water partition coefficient (Wildman–Crippen LogP) is 1.19. The Bertz CT molecular complexity index is 483. The average molecular weight is 241 g/mol. The molecule has 5 nitrogen and oxygen atoms in total. The molecule has 7 heteroatoms. The highest BCUT2D eigenvalue weighted by Gasteiger charge is 2.21. The summed E-state index contributed by atoms with van der Waals surface area (Å²) >= 11 is 0. The van der Waals surface area contributed by atoms with Crippen molar-refractivity contribution in [3.63, 3.8) is 0 Å². The summed E-state index contributed by atoms with van der Waals surface area (Å²) in [5.74, 6) is -0.704. The number of rotatable bonds is 3. The number of nitriles is 1. The maximum atomic E-state index is 12.7. The molecule has 0 fully saturated rings. The third-order valence-electron chi connectivity index (χ3n) is 2.06. The zero-order valence-corrected chi connectivity index (χ0v) is 8.91. The third-order valence-corrected chi connectivity index (χ3v) is 2.06. The molecule has 0 aliphatic heterocycles. The van der Waals surface area contributed by atoms with Gasteiger partial charge in [0, 0.05) is 11.3 Å². The summed E-state index contributed by atoms with van der Waals surface area (Å²) < 4.78 is 29.8. The van der Waals surface area contributed by atoms with E-state index >= 15 is 0 Å². The van der Waals surface area contributed by atoms with E-state index in [0.717, 1.165) is 13.2 Å². The van der Waals surface area contributed by atoms with Crippen LogP contribution in [0.25, 0.3) is 0 Å². The molecule has 1 rings (SSSR count). The first-order chi connectivity index (χ1) is 7.99. The van der Waals surface area contributed by atoms with Crippen LogP contribution < -0.4 is 5.73 Å². The summed E-state index contributed by atoms with van der Waals surface area (Å²) in [4.78, 5) is 14.5. The lowest BCUT2D eigenvalue weighted by Crippen LogP contribution is -2.12. The number of halogens is 2. The highest BCUT2D eigenvalue weighted by Crippen LogP contribution is 2.26. The van der Waals surface area contributed by atoms with Crippen molar-refractivity contribution in [1.82, 2.24) is 4.98 Å². The van der Waals surface area contributed by atoms with Crippen LogP contribution in [0.1, 0.15) is 23.4 Å². The van der Waals surface area contributed by atoms with Crippen molar-refractivity contribution >= 4 is 11.7 Å². The first-order valence-corrected chi connectivity index (χ1v) is 4.54. The number of nitrogens with two attached hydrogens (primary N) is 1. The van der Waals surface area contributed by atoms with E-state index in [1.165, 1.54) is 0 Å². The molecule has 1 aromatic heterocycles. The van der Waals surface area contributed by atoms with Gasteiger partial charge in [-0.25, -0.2) is 13.8 Å². The second kappa shape index (κ2) is 5.21. The Morgan fingerprint density at radius 2 is 2.35 bits per heavy atom. The Hall–Kier alpha value is -2.23. The average Bonchev–Trinajstić information content (AvgIpc) is 2.30. The Kier molecular flexibility index (Phi) is 3.93. The van der Waals surface area contributed by atoms with Gasteiger partial charge in [-0.15, -0.1) is 0 Å². The largest absolute Gasteiger partial charge is 0.469 e. The Morgan fingerprint density at radius 1 is 1.71 bits per heavy atom. The van der Waals surface area contributed by atoms with E-state index in [0.29, 0.717) is 0 Å². The smallest absolute Gasteiger partial charge is 0.310 e. The number of pyridine rings is 1. The van der Waals surface area contributed by atoms with Gasteiger partial charge in [-0.05, 0) is 6.07 Å². The molecule has 0 unspecified atom stereocenters. The molecule has 0 spiro atoms. The van der Waals surface area contributed by atoms with Crippen LogP contribution in [0.2, 0.25) is 0 Å². The number of nitrogen functional groups attached to an aromatic ring is 1. The van der Waals surface area contributed by atoms with E-state index < -0.39 is 24.5 Å². The molecule has 1 heterocycles. The predicted molar refractivity (Wildman–Crippen MR) is 54.0 cm³/mol. The van der Waals surface area contributed by atoms with Crippen LogP contribution in [-0.2, 0) is 16.0 Å². The van der Waals surface area contributed by atoms with Crippen molar-refractivity contribution in [2.75, 3.05) is 12.8 Å². The normalized spacial score (nSPS) is 10.1. The van der Waals surface area contributed by atoms with Crippen molar-refractivity contribution in [3.8, 4) is 6.07 Å². The number of nitrogens with zero attached hydrogens (tertiary/aromatic N) is 2. The van der Waals surface area contributed by atoms with Gasteiger partial charge in [0.25, 0.3) is 6.43 Å². The van der Waals surface area contributed by atoms with Crippen LogP contribution in [0.15, 0.2) is 6.07 Å². The minimum atomic E-state index is -2.91. The lowest BCUT2D eigenvalue weighted by molar-refractivity contribution is -0.139. The summed E-state index contributed by atoms with van der Waals surface area (Å²) in [6, 6.07) is 2.76. The van der Waals surface area contributed by atoms with Crippen molar-refractivity contribution < 1.29 is 18.3 Å². The molecule has 0 aromatic carbocycles. The quantitative estimate of drug-likeness (QED) is 0.803. The highest BCUT2D eigenvalue weighted by molar-refractivity contribution is 5.75. The van der Waals surface area contributed by atoms with Crippen LogP contribution in [-0.4, -0.2) is 18.1 Å². The Labute approximate surface area is 95.8 Å². The summed E-state index contributed by atoms with van der Waals surface area (Å²) in [6.45, 7) is 0. The number of aromatic nitrogens is 1. The van der Waals surface area contributed by atoms with Crippen molar-refractivity contribution in [2.24, 2.45) is 0 Å². The molecule has 0 saturated carbocycles. The topological polar surface area (TPSA) is 89.0 Å². The van der Waals surface area contributed by atoms with E-state index in [2.05, 4.69) is 9.72 Å². The summed E-state index contributed by atoms with van der Waals surface area (Å²) in [6.07, 6.45) is -3.31. The molecule has 17 heavy (non-hydrogen) atoms. The fourth-order valence-corrected chi connectivity index (χ4v) is 1.26. The van der Waals surface area contributed by atoms with Gasteiger partial charge in [-0.1, -0.05) is 0 Å². The van der Waals surface area contributed by atoms with Gasteiger partial charge < -0.3 is 10.5 Å². The van der Waals surface area contributed by atoms with Gasteiger partial charge in [0.15, 0.2) is 0 Å². The first kappa shape index (κ1) is 12.8. The van der Waals surface area contributed by atoms with Gasteiger partial charge >= 0.3 is 5.97 Å². The molecular weight excluding hydrogens is 232 g/mol. The fraction of sp³-hybridized carbons (Fsp3) is 0.300. The molecule has 1 aromatic rings. The third kappa shape index (κ3) is 2.87. The number of esters is 1. The van der Waals surface area contributed by atoms with Gasteiger partial charge in [0.1, 0.15) is 17.5 Å². The standard InChI is InChI=1S/C10H9F2N3O2/c1-17-8(16)3-6-7(14)2-5(4-13)15-9(6)10(11)12/h2,10H,3H2,1H3,(H2,14,15). The molecule has 0 bridgehead atoms. The summed E-state index contributed by atoms with van der Waals surface area (Å²) in [5.41, 5.74) is 4.45. The molecule has 0 saturated heterocycles. The maximum absolute atomic E-state index is 12.7. The number of methoxy groups -OCH3 is 1. The summed E-state index contributed by atoms with van der Waals surface area (Å²) in [5, 5.41) is 8.58. The maximum Gasteiger partial charge on any atom is 0.310 e. The van der Waals surface area contributed by atoms with Crippen LogP contribution >= 0.6 is 0 Å². The van der Waals surface area contributed by atoms with Crippen molar-refractivity contribution in [1.29, 1.82) is 5.26 Å². The number of hydrogen-bond acceptors (Lipinski definition) is 5. The molecule has 0 aliphatic rings. The lowest BCUT2D eigenvalue weighted by Gasteiger charge is -2.10. The lowest BCUT2D eigenvalue weighted by atomic mass is 10.1. The Morgan fingerprint density at radius 3 is 2.82 bits per heavy atom.